The molecule has 0 aliphatic rings. The molecular formula is C23H28N2O4. The van der Waals surface area contributed by atoms with E-state index in [-0.39, 0.29) is 30.7 Å². The molecule has 0 bridgehead atoms. The summed E-state index contributed by atoms with van der Waals surface area (Å²) in [6, 6.07) is 14.9. The van der Waals surface area contributed by atoms with E-state index >= 15 is 0 Å². The quantitative estimate of drug-likeness (QED) is 0.593. The molecular weight excluding hydrogens is 368 g/mol. The molecule has 0 saturated carbocycles. The topological polar surface area (TPSA) is 95.5 Å². The van der Waals surface area contributed by atoms with Crippen LogP contribution in [0.25, 0.3) is 0 Å². The standard InChI is InChI=1S/C23H28N2O4/c1-15(2)17-4-6-18(7-5-17)16(3)14-21(26)25-20-10-8-19(9-11-20)23(29)24-13-12-22(27)28/h4-11,15-16H,12-14H2,1-3H3,(H,24,29)(H,25,26)(H,27,28). The highest BCUT2D eigenvalue weighted by Gasteiger charge is 2.13. The van der Waals surface area contributed by atoms with Crippen molar-refractivity contribution in [2.75, 3.05) is 11.9 Å². The third kappa shape index (κ3) is 7.07. The Kier molecular flexibility index (Phi) is 7.95. The maximum Gasteiger partial charge on any atom is 0.305 e. The van der Waals surface area contributed by atoms with Gasteiger partial charge in [-0.3, -0.25) is 14.4 Å². The van der Waals surface area contributed by atoms with E-state index in [1.807, 2.05) is 6.92 Å². The summed E-state index contributed by atoms with van der Waals surface area (Å²) in [5, 5.41) is 14.0. The fourth-order valence-corrected chi connectivity index (χ4v) is 2.91. The van der Waals surface area contributed by atoms with Crippen molar-refractivity contribution in [3.05, 3.63) is 65.2 Å². The van der Waals surface area contributed by atoms with Crippen molar-refractivity contribution >= 4 is 23.5 Å². The van der Waals surface area contributed by atoms with Crippen LogP contribution in [0.4, 0.5) is 5.69 Å². The second-order valence-electron chi connectivity index (χ2n) is 7.45. The van der Waals surface area contributed by atoms with Crippen molar-refractivity contribution in [3.8, 4) is 0 Å². The predicted molar refractivity (Wildman–Crippen MR) is 113 cm³/mol. The van der Waals surface area contributed by atoms with Crippen molar-refractivity contribution in [2.45, 2.75) is 45.4 Å². The zero-order valence-corrected chi connectivity index (χ0v) is 17.1. The van der Waals surface area contributed by atoms with Crippen LogP contribution in [0, 0.1) is 0 Å². The average Bonchev–Trinajstić information content (AvgIpc) is 2.68. The van der Waals surface area contributed by atoms with Crippen LogP contribution in [0.2, 0.25) is 0 Å². The number of carboxylic acid groups (broad SMARTS) is 1. The zero-order chi connectivity index (χ0) is 21.4. The molecule has 2 aromatic rings. The van der Waals surface area contributed by atoms with E-state index in [9.17, 15) is 14.4 Å². The zero-order valence-electron chi connectivity index (χ0n) is 17.1. The maximum absolute atomic E-state index is 12.3. The van der Waals surface area contributed by atoms with Crippen molar-refractivity contribution in [2.24, 2.45) is 0 Å². The normalized spacial score (nSPS) is 11.7. The number of carboxylic acids is 1. The van der Waals surface area contributed by atoms with Crippen LogP contribution in [0.1, 0.15) is 66.9 Å². The van der Waals surface area contributed by atoms with Gasteiger partial charge in [0.15, 0.2) is 0 Å². The Morgan fingerprint density at radius 3 is 2.03 bits per heavy atom. The van der Waals surface area contributed by atoms with Gasteiger partial charge in [0.1, 0.15) is 0 Å². The highest BCUT2D eigenvalue weighted by Crippen LogP contribution is 2.23. The highest BCUT2D eigenvalue weighted by atomic mass is 16.4. The molecule has 0 aliphatic carbocycles. The second kappa shape index (κ2) is 10.4. The van der Waals surface area contributed by atoms with Crippen LogP contribution in [0.15, 0.2) is 48.5 Å². The lowest BCUT2D eigenvalue weighted by Crippen LogP contribution is -2.25. The van der Waals surface area contributed by atoms with E-state index < -0.39 is 5.97 Å². The van der Waals surface area contributed by atoms with Crippen molar-refractivity contribution in [1.82, 2.24) is 5.32 Å². The van der Waals surface area contributed by atoms with E-state index in [0.29, 0.717) is 23.6 Å². The smallest absolute Gasteiger partial charge is 0.305 e. The number of hydrogen-bond acceptors (Lipinski definition) is 3. The van der Waals surface area contributed by atoms with Crippen LogP contribution < -0.4 is 10.6 Å². The summed E-state index contributed by atoms with van der Waals surface area (Å²) in [7, 11) is 0. The van der Waals surface area contributed by atoms with Crippen LogP contribution in [-0.4, -0.2) is 29.4 Å². The first-order valence-corrected chi connectivity index (χ1v) is 9.76. The molecule has 0 spiro atoms. The Morgan fingerprint density at radius 2 is 1.48 bits per heavy atom. The van der Waals surface area contributed by atoms with Crippen molar-refractivity contribution in [3.63, 3.8) is 0 Å². The fourth-order valence-electron chi connectivity index (χ4n) is 2.91. The molecule has 0 heterocycles. The molecule has 3 N–H and O–H groups in total. The molecule has 29 heavy (non-hydrogen) atoms. The van der Waals surface area contributed by atoms with Gasteiger partial charge in [0.2, 0.25) is 5.91 Å². The number of aliphatic carboxylic acids is 1. The summed E-state index contributed by atoms with van der Waals surface area (Å²) in [5.41, 5.74) is 3.42. The van der Waals surface area contributed by atoms with Gasteiger partial charge < -0.3 is 15.7 Å². The maximum atomic E-state index is 12.3. The van der Waals surface area contributed by atoms with Gasteiger partial charge in [-0.2, -0.15) is 0 Å². The molecule has 2 aromatic carbocycles. The van der Waals surface area contributed by atoms with E-state index in [1.54, 1.807) is 24.3 Å². The molecule has 6 nitrogen and oxygen atoms in total. The summed E-state index contributed by atoms with van der Waals surface area (Å²) in [5.74, 6) is -0.833. The van der Waals surface area contributed by atoms with Crippen LogP contribution in [0.3, 0.4) is 0 Å². The first kappa shape index (κ1) is 22.1. The van der Waals surface area contributed by atoms with Crippen LogP contribution in [0.5, 0.6) is 0 Å². The molecule has 0 saturated heterocycles. The number of carbonyl (C=O) groups excluding carboxylic acids is 2. The van der Waals surface area contributed by atoms with Crippen LogP contribution >= 0.6 is 0 Å². The summed E-state index contributed by atoms with van der Waals surface area (Å²) in [6.07, 6.45) is 0.233. The molecule has 0 aliphatic heterocycles. The summed E-state index contributed by atoms with van der Waals surface area (Å²) in [6.45, 7) is 6.39. The first-order chi connectivity index (χ1) is 13.8. The number of anilines is 1. The van der Waals surface area contributed by atoms with Gasteiger partial charge in [0, 0.05) is 24.2 Å². The lowest BCUT2D eigenvalue weighted by atomic mass is 9.94. The van der Waals surface area contributed by atoms with Gasteiger partial charge in [0.25, 0.3) is 5.91 Å². The molecule has 0 aromatic heterocycles. The highest BCUT2D eigenvalue weighted by molar-refractivity contribution is 5.96. The van der Waals surface area contributed by atoms with Gasteiger partial charge in [-0.1, -0.05) is 45.0 Å². The Balaban J connectivity index is 1.86. The van der Waals surface area contributed by atoms with Gasteiger partial charge >= 0.3 is 5.97 Å². The SMILES string of the molecule is CC(C)c1ccc(C(C)CC(=O)Nc2ccc(C(=O)NCCC(=O)O)cc2)cc1. The fraction of sp³-hybridized carbons (Fsp3) is 0.348. The lowest BCUT2D eigenvalue weighted by molar-refractivity contribution is -0.136. The molecule has 0 fully saturated rings. The van der Waals surface area contributed by atoms with Crippen LogP contribution in [-0.2, 0) is 9.59 Å². The minimum Gasteiger partial charge on any atom is -0.481 e. The third-order valence-corrected chi connectivity index (χ3v) is 4.72. The van der Waals surface area contributed by atoms with E-state index in [4.69, 9.17) is 5.11 Å². The lowest BCUT2D eigenvalue weighted by Gasteiger charge is -2.14. The number of carbonyl (C=O) groups is 3. The Bertz CT molecular complexity index is 842. The van der Waals surface area contributed by atoms with Gasteiger partial charge in [-0.25, -0.2) is 0 Å². The summed E-state index contributed by atoms with van der Waals surface area (Å²) in [4.78, 5) is 34.8. The minimum absolute atomic E-state index is 0.0721. The summed E-state index contributed by atoms with van der Waals surface area (Å²) < 4.78 is 0. The second-order valence-corrected chi connectivity index (χ2v) is 7.45. The van der Waals surface area contributed by atoms with Gasteiger partial charge in [-0.15, -0.1) is 0 Å². The Hall–Kier alpha value is -3.15. The monoisotopic (exact) mass is 396 g/mol. The molecule has 2 amide bonds. The van der Waals surface area contributed by atoms with E-state index in [1.165, 1.54) is 5.56 Å². The molecule has 1 unspecified atom stereocenters. The molecule has 1 atom stereocenters. The number of benzene rings is 2. The minimum atomic E-state index is -0.964. The predicted octanol–water partition coefficient (Wildman–Crippen LogP) is 4.15. The number of amides is 2. The Labute approximate surface area is 171 Å². The first-order valence-electron chi connectivity index (χ1n) is 9.76. The van der Waals surface area contributed by atoms with Crippen molar-refractivity contribution in [1.29, 1.82) is 0 Å². The number of rotatable bonds is 9. The summed E-state index contributed by atoms with van der Waals surface area (Å²) >= 11 is 0. The molecule has 6 heteroatoms. The number of nitrogens with one attached hydrogen (secondary N) is 2. The van der Waals surface area contributed by atoms with Gasteiger partial charge in [0.05, 0.1) is 6.42 Å². The third-order valence-electron chi connectivity index (χ3n) is 4.72. The van der Waals surface area contributed by atoms with Crippen molar-refractivity contribution < 1.29 is 19.5 Å². The average molecular weight is 396 g/mol. The van der Waals surface area contributed by atoms with E-state index in [0.717, 1.165) is 5.56 Å². The molecule has 2 rings (SSSR count). The van der Waals surface area contributed by atoms with Gasteiger partial charge in [-0.05, 0) is 47.2 Å². The molecule has 154 valence electrons. The van der Waals surface area contributed by atoms with E-state index in [2.05, 4.69) is 48.7 Å². The largest absolute Gasteiger partial charge is 0.481 e. The Morgan fingerprint density at radius 1 is 0.897 bits per heavy atom. The molecule has 0 radical (unpaired) electrons. The number of hydrogen-bond donors (Lipinski definition) is 3.